The van der Waals surface area contributed by atoms with E-state index in [2.05, 4.69) is 26.1 Å². The van der Waals surface area contributed by atoms with Crippen molar-refractivity contribution in [3.8, 4) is 0 Å². The normalized spacial score (nSPS) is 36.8. The quantitative estimate of drug-likeness (QED) is 0.805. The predicted octanol–water partition coefficient (Wildman–Crippen LogP) is 2.37. The van der Waals surface area contributed by atoms with Crippen molar-refractivity contribution in [1.82, 2.24) is 5.32 Å². The molecule has 116 valence electrons. The minimum atomic E-state index is -0.143. The van der Waals surface area contributed by atoms with E-state index in [0.29, 0.717) is 19.1 Å². The van der Waals surface area contributed by atoms with Crippen LogP contribution >= 0.6 is 0 Å². The highest BCUT2D eigenvalue weighted by Gasteiger charge is 2.38. The molecule has 1 N–H and O–H groups in total. The summed E-state index contributed by atoms with van der Waals surface area (Å²) in [7, 11) is 0. The molecule has 0 aromatic rings. The van der Waals surface area contributed by atoms with Crippen molar-refractivity contribution in [1.29, 1.82) is 0 Å². The van der Waals surface area contributed by atoms with Gasteiger partial charge in [0.15, 0.2) is 0 Å². The average molecular weight is 283 g/mol. The largest absolute Gasteiger partial charge is 0.462 e. The zero-order chi connectivity index (χ0) is 14.8. The predicted molar refractivity (Wildman–Crippen MR) is 78.4 cm³/mol. The van der Waals surface area contributed by atoms with Gasteiger partial charge in [-0.2, -0.15) is 0 Å². The van der Waals surface area contributed by atoms with Gasteiger partial charge in [-0.15, -0.1) is 0 Å². The molecule has 0 aromatic carbocycles. The molecule has 2 fully saturated rings. The third kappa shape index (κ3) is 3.95. The van der Waals surface area contributed by atoms with Gasteiger partial charge in [-0.25, -0.2) is 0 Å². The Morgan fingerprint density at radius 3 is 2.75 bits per heavy atom. The third-order valence-corrected chi connectivity index (χ3v) is 4.48. The number of nitrogens with one attached hydrogen (secondary N) is 1. The fourth-order valence-corrected chi connectivity index (χ4v) is 3.85. The monoisotopic (exact) mass is 283 g/mol. The molecule has 2 rings (SSSR count). The van der Waals surface area contributed by atoms with Gasteiger partial charge >= 0.3 is 5.97 Å². The van der Waals surface area contributed by atoms with Crippen molar-refractivity contribution in [2.24, 2.45) is 17.3 Å². The van der Waals surface area contributed by atoms with Crippen LogP contribution in [0.4, 0.5) is 0 Å². The van der Waals surface area contributed by atoms with E-state index in [-0.39, 0.29) is 29.4 Å². The summed E-state index contributed by atoms with van der Waals surface area (Å²) in [4.78, 5) is 12.4. The number of hydrogen-bond donors (Lipinski definition) is 1. The molecule has 1 saturated carbocycles. The van der Waals surface area contributed by atoms with Gasteiger partial charge in [0.05, 0.1) is 19.1 Å². The van der Waals surface area contributed by atoms with E-state index in [4.69, 9.17) is 9.47 Å². The molecule has 4 heteroatoms. The number of rotatable bonds is 4. The van der Waals surface area contributed by atoms with Crippen LogP contribution in [-0.2, 0) is 14.3 Å². The molecule has 0 aromatic heterocycles. The highest BCUT2D eigenvalue weighted by molar-refractivity contribution is 5.74. The third-order valence-electron chi connectivity index (χ3n) is 4.48. The Morgan fingerprint density at radius 2 is 2.10 bits per heavy atom. The van der Waals surface area contributed by atoms with Crippen molar-refractivity contribution in [2.75, 3.05) is 19.8 Å². The smallest absolute Gasteiger partial charge is 0.313 e. The summed E-state index contributed by atoms with van der Waals surface area (Å²) < 4.78 is 11.2. The average Bonchev–Trinajstić information content (AvgIpc) is 2.74. The van der Waals surface area contributed by atoms with Gasteiger partial charge in [-0.3, -0.25) is 4.79 Å². The standard InChI is InChI=1S/C16H29NO3/c1-5-17-14-10-19-9-13(14)15(18)20-12-6-11(2)7-16(3,4)8-12/h11-14,17H,5-10H2,1-4H3. The van der Waals surface area contributed by atoms with E-state index in [0.717, 1.165) is 19.4 Å². The second kappa shape index (κ2) is 6.44. The van der Waals surface area contributed by atoms with Crippen LogP contribution in [0, 0.1) is 17.3 Å². The van der Waals surface area contributed by atoms with Gasteiger partial charge in [-0.05, 0) is 37.1 Å². The summed E-state index contributed by atoms with van der Waals surface area (Å²) in [5, 5.41) is 3.31. The molecular weight excluding hydrogens is 254 g/mol. The van der Waals surface area contributed by atoms with Crippen LogP contribution in [0.25, 0.3) is 0 Å². The van der Waals surface area contributed by atoms with Gasteiger partial charge in [0.2, 0.25) is 0 Å². The topological polar surface area (TPSA) is 47.6 Å². The lowest BCUT2D eigenvalue weighted by Gasteiger charge is -2.38. The number of ether oxygens (including phenoxy) is 2. The van der Waals surface area contributed by atoms with Gasteiger partial charge in [-0.1, -0.05) is 27.7 Å². The van der Waals surface area contributed by atoms with Crippen molar-refractivity contribution >= 4 is 5.97 Å². The van der Waals surface area contributed by atoms with Crippen LogP contribution in [0.2, 0.25) is 0 Å². The fraction of sp³-hybridized carbons (Fsp3) is 0.938. The number of carbonyl (C=O) groups excluding carboxylic acids is 1. The van der Waals surface area contributed by atoms with Gasteiger partial charge < -0.3 is 14.8 Å². The Bertz CT molecular complexity index is 343. The van der Waals surface area contributed by atoms with Crippen molar-refractivity contribution in [3.63, 3.8) is 0 Å². The number of likely N-dealkylation sites (N-methyl/N-ethyl adjacent to an activating group) is 1. The van der Waals surface area contributed by atoms with Crippen molar-refractivity contribution in [3.05, 3.63) is 0 Å². The molecule has 1 saturated heterocycles. The Kier molecular flexibility index (Phi) is 5.08. The van der Waals surface area contributed by atoms with E-state index < -0.39 is 0 Å². The molecule has 20 heavy (non-hydrogen) atoms. The molecule has 0 amide bonds. The van der Waals surface area contributed by atoms with Crippen molar-refractivity contribution in [2.45, 2.75) is 59.1 Å². The van der Waals surface area contributed by atoms with E-state index in [1.165, 1.54) is 6.42 Å². The zero-order valence-corrected chi connectivity index (χ0v) is 13.3. The van der Waals surface area contributed by atoms with Crippen LogP contribution in [-0.4, -0.2) is 37.9 Å². The molecule has 2 aliphatic rings. The van der Waals surface area contributed by atoms with E-state index >= 15 is 0 Å². The van der Waals surface area contributed by atoms with Crippen LogP contribution < -0.4 is 5.32 Å². The molecule has 0 bridgehead atoms. The summed E-state index contributed by atoms with van der Waals surface area (Å²) in [6.07, 6.45) is 3.26. The van der Waals surface area contributed by atoms with Crippen molar-refractivity contribution < 1.29 is 14.3 Å². The van der Waals surface area contributed by atoms with Crippen LogP contribution in [0.5, 0.6) is 0 Å². The Balaban J connectivity index is 1.90. The summed E-state index contributed by atoms with van der Waals surface area (Å²) in [6, 6.07) is 0.113. The molecule has 4 unspecified atom stereocenters. The minimum absolute atomic E-state index is 0.0733. The molecule has 4 atom stereocenters. The van der Waals surface area contributed by atoms with Crippen LogP contribution in [0.15, 0.2) is 0 Å². The lowest BCUT2D eigenvalue weighted by atomic mass is 9.71. The molecule has 1 aliphatic heterocycles. The number of carbonyl (C=O) groups is 1. The van der Waals surface area contributed by atoms with Gasteiger partial charge in [0.1, 0.15) is 6.10 Å². The summed E-state index contributed by atoms with van der Waals surface area (Å²) >= 11 is 0. The maximum Gasteiger partial charge on any atom is 0.313 e. The lowest BCUT2D eigenvalue weighted by Crippen LogP contribution is -2.42. The minimum Gasteiger partial charge on any atom is -0.462 e. The molecular formula is C16H29NO3. The SMILES string of the molecule is CCNC1COCC1C(=O)OC1CC(C)CC(C)(C)C1. The summed E-state index contributed by atoms with van der Waals surface area (Å²) in [6.45, 7) is 10.8. The van der Waals surface area contributed by atoms with Gasteiger partial charge in [0, 0.05) is 6.04 Å². The first-order chi connectivity index (χ1) is 9.41. The Morgan fingerprint density at radius 1 is 1.35 bits per heavy atom. The Hall–Kier alpha value is -0.610. The molecule has 4 nitrogen and oxygen atoms in total. The molecule has 1 aliphatic carbocycles. The fourth-order valence-electron chi connectivity index (χ4n) is 3.85. The highest BCUT2D eigenvalue weighted by atomic mass is 16.5. The first-order valence-electron chi connectivity index (χ1n) is 7.93. The maximum absolute atomic E-state index is 12.4. The second-order valence-corrected chi connectivity index (χ2v) is 7.28. The molecule has 1 heterocycles. The first kappa shape index (κ1) is 15.8. The lowest BCUT2D eigenvalue weighted by molar-refractivity contribution is -0.159. The number of esters is 1. The number of hydrogen-bond acceptors (Lipinski definition) is 4. The Labute approximate surface area is 122 Å². The summed E-state index contributed by atoms with van der Waals surface area (Å²) in [5.74, 6) is 0.402. The van der Waals surface area contributed by atoms with Crippen LogP contribution in [0.3, 0.4) is 0 Å². The second-order valence-electron chi connectivity index (χ2n) is 7.28. The summed E-state index contributed by atoms with van der Waals surface area (Å²) in [5.41, 5.74) is 0.274. The highest BCUT2D eigenvalue weighted by Crippen LogP contribution is 2.40. The van der Waals surface area contributed by atoms with E-state index in [1.54, 1.807) is 0 Å². The zero-order valence-electron chi connectivity index (χ0n) is 13.3. The van der Waals surface area contributed by atoms with Crippen LogP contribution in [0.1, 0.15) is 47.0 Å². The van der Waals surface area contributed by atoms with E-state index in [9.17, 15) is 4.79 Å². The molecule has 0 radical (unpaired) electrons. The van der Waals surface area contributed by atoms with E-state index in [1.807, 2.05) is 6.92 Å². The first-order valence-corrected chi connectivity index (χ1v) is 7.93. The molecule has 0 spiro atoms. The maximum atomic E-state index is 12.4. The van der Waals surface area contributed by atoms with Gasteiger partial charge in [0.25, 0.3) is 0 Å².